The number of aliphatic imine (C=N–C) groups is 1. The van der Waals surface area contributed by atoms with Crippen LogP contribution in [-0.4, -0.2) is 23.4 Å². The van der Waals surface area contributed by atoms with Crippen LogP contribution in [0.15, 0.2) is 27.7 Å². The lowest BCUT2D eigenvalue weighted by Crippen LogP contribution is -2.42. The summed E-state index contributed by atoms with van der Waals surface area (Å²) in [5.41, 5.74) is 8.56. The van der Waals surface area contributed by atoms with Gasteiger partial charge in [0.1, 0.15) is 0 Å². The Kier molecular flexibility index (Phi) is 3.95. The van der Waals surface area contributed by atoms with Crippen molar-refractivity contribution >= 4 is 21.9 Å². The van der Waals surface area contributed by atoms with Crippen LogP contribution in [-0.2, 0) is 0 Å². The molecule has 0 radical (unpaired) electrons. The molecule has 1 aliphatic rings. The largest absolute Gasteiger partial charge is 0.370 e. The quantitative estimate of drug-likeness (QED) is 0.931. The van der Waals surface area contributed by atoms with Gasteiger partial charge in [0, 0.05) is 10.5 Å². The molecular weight excluding hydrogens is 290 g/mol. The predicted molar refractivity (Wildman–Crippen MR) is 79.7 cm³/mol. The van der Waals surface area contributed by atoms with E-state index in [2.05, 4.69) is 64.8 Å². The highest BCUT2D eigenvalue weighted by molar-refractivity contribution is 9.10. The van der Waals surface area contributed by atoms with Crippen LogP contribution in [0.25, 0.3) is 0 Å². The van der Waals surface area contributed by atoms with Crippen molar-refractivity contribution in [3.8, 4) is 0 Å². The first kappa shape index (κ1) is 13.4. The molecule has 2 atom stereocenters. The molecule has 1 heterocycles. The van der Waals surface area contributed by atoms with Gasteiger partial charge in [0.2, 0.25) is 0 Å². The summed E-state index contributed by atoms with van der Waals surface area (Å²) in [6.07, 6.45) is 1.07. The molecule has 18 heavy (non-hydrogen) atoms. The van der Waals surface area contributed by atoms with Gasteiger partial charge in [0.05, 0.1) is 12.6 Å². The fourth-order valence-corrected chi connectivity index (χ4v) is 2.63. The van der Waals surface area contributed by atoms with Gasteiger partial charge in [-0.2, -0.15) is 0 Å². The van der Waals surface area contributed by atoms with E-state index in [-0.39, 0.29) is 6.04 Å². The van der Waals surface area contributed by atoms with Gasteiger partial charge < -0.3 is 10.6 Å². The van der Waals surface area contributed by atoms with Gasteiger partial charge in [0.15, 0.2) is 5.96 Å². The number of aryl methyl sites for hydroxylation is 1. The van der Waals surface area contributed by atoms with Crippen LogP contribution >= 0.6 is 15.9 Å². The highest BCUT2D eigenvalue weighted by atomic mass is 79.9. The maximum Gasteiger partial charge on any atom is 0.192 e. The minimum atomic E-state index is 0.284. The number of nitrogens with two attached hydrogens (primary N) is 1. The highest BCUT2D eigenvalue weighted by Gasteiger charge is 2.30. The summed E-state index contributed by atoms with van der Waals surface area (Å²) >= 11 is 3.54. The first-order valence-electron chi connectivity index (χ1n) is 6.39. The number of halogens is 1. The molecule has 0 bridgehead atoms. The van der Waals surface area contributed by atoms with Gasteiger partial charge in [-0.3, -0.25) is 4.99 Å². The zero-order chi connectivity index (χ0) is 13.3. The number of nitrogens with zero attached hydrogens (tertiary/aromatic N) is 2. The zero-order valence-corrected chi connectivity index (χ0v) is 12.7. The van der Waals surface area contributed by atoms with Gasteiger partial charge >= 0.3 is 0 Å². The Bertz CT molecular complexity index is 470. The molecule has 98 valence electrons. The summed E-state index contributed by atoms with van der Waals surface area (Å²) in [5.74, 6) is 0.676. The molecule has 1 aliphatic heterocycles. The van der Waals surface area contributed by atoms with E-state index in [1.165, 1.54) is 11.1 Å². The molecule has 2 unspecified atom stereocenters. The van der Waals surface area contributed by atoms with Crippen LogP contribution in [0, 0.1) is 6.92 Å². The Morgan fingerprint density at radius 1 is 1.56 bits per heavy atom. The van der Waals surface area contributed by atoms with Crippen LogP contribution in [0.4, 0.5) is 0 Å². The van der Waals surface area contributed by atoms with Crippen LogP contribution in [0.5, 0.6) is 0 Å². The molecule has 0 aliphatic carbocycles. The average molecular weight is 310 g/mol. The second-order valence-electron chi connectivity index (χ2n) is 4.89. The second-order valence-corrected chi connectivity index (χ2v) is 5.74. The molecule has 4 heteroatoms. The summed E-state index contributed by atoms with van der Waals surface area (Å²) in [5, 5.41) is 0. The summed E-state index contributed by atoms with van der Waals surface area (Å²) in [6.45, 7) is 7.25. The molecular formula is C14H20BrN3. The van der Waals surface area contributed by atoms with E-state index >= 15 is 0 Å². The minimum absolute atomic E-state index is 0.284. The smallest absolute Gasteiger partial charge is 0.192 e. The molecule has 1 aromatic carbocycles. The van der Waals surface area contributed by atoms with Crippen molar-refractivity contribution in [3.63, 3.8) is 0 Å². The Morgan fingerprint density at radius 2 is 2.28 bits per heavy atom. The Hall–Kier alpha value is -1.03. The van der Waals surface area contributed by atoms with Crippen molar-refractivity contribution < 1.29 is 0 Å². The zero-order valence-electron chi connectivity index (χ0n) is 11.2. The monoisotopic (exact) mass is 309 g/mol. The molecule has 3 nitrogen and oxygen atoms in total. The topological polar surface area (TPSA) is 41.6 Å². The van der Waals surface area contributed by atoms with Gasteiger partial charge in [-0.25, -0.2) is 0 Å². The Balaban J connectivity index is 2.30. The third-order valence-corrected chi connectivity index (χ3v) is 4.55. The molecule has 0 amide bonds. The number of hydrogen-bond acceptors (Lipinski definition) is 3. The number of rotatable bonds is 3. The van der Waals surface area contributed by atoms with Crippen molar-refractivity contribution in [2.45, 2.75) is 39.3 Å². The molecule has 0 saturated carbocycles. The molecule has 2 rings (SSSR count). The molecule has 0 aromatic heterocycles. The third kappa shape index (κ3) is 2.39. The molecule has 0 saturated heterocycles. The van der Waals surface area contributed by atoms with Gasteiger partial charge in [-0.15, -0.1) is 0 Å². The van der Waals surface area contributed by atoms with E-state index in [1.807, 2.05) is 0 Å². The summed E-state index contributed by atoms with van der Waals surface area (Å²) < 4.78 is 1.15. The van der Waals surface area contributed by atoms with Crippen molar-refractivity contribution in [1.82, 2.24) is 4.90 Å². The lowest BCUT2D eigenvalue weighted by Gasteiger charge is -2.32. The van der Waals surface area contributed by atoms with Crippen molar-refractivity contribution in [2.24, 2.45) is 10.7 Å². The molecule has 2 N–H and O–H groups in total. The van der Waals surface area contributed by atoms with Crippen LogP contribution in [0.2, 0.25) is 0 Å². The number of hydrogen-bond donors (Lipinski definition) is 1. The van der Waals surface area contributed by atoms with Crippen LogP contribution in [0.1, 0.15) is 37.4 Å². The maximum absolute atomic E-state index is 6.02. The van der Waals surface area contributed by atoms with Crippen molar-refractivity contribution in [1.29, 1.82) is 0 Å². The van der Waals surface area contributed by atoms with Crippen LogP contribution in [0.3, 0.4) is 0 Å². The standard InChI is InChI=1S/C14H20BrN3/c1-4-10(3)18-13(8-17-14(18)16)11-5-6-12(15)9(2)7-11/h5-7,10,13H,4,8H2,1-3H3,(H2,16,17). The van der Waals surface area contributed by atoms with Gasteiger partial charge in [-0.05, 0) is 37.5 Å². The van der Waals surface area contributed by atoms with E-state index in [0.717, 1.165) is 17.4 Å². The normalized spacial score (nSPS) is 21.0. The first-order chi connectivity index (χ1) is 8.54. The fourth-order valence-electron chi connectivity index (χ4n) is 2.38. The molecule has 1 aromatic rings. The lowest BCUT2D eigenvalue weighted by molar-refractivity contribution is 0.268. The van der Waals surface area contributed by atoms with Gasteiger partial charge in [-0.1, -0.05) is 35.0 Å². The predicted octanol–water partition coefficient (Wildman–Crippen LogP) is 3.23. The highest BCUT2D eigenvalue weighted by Crippen LogP contribution is 2.30. The minimum Gasteiger partial charge on any atom is -0.370 e. The Labute approximate surface area is 117 Å². The fraction of sp³-hybridized carbons (Fsp3) is 0.500. The number of guanidine groups is 1. The van der Waals surface area contributed by atoms with E-state index in [0.29, 0.717) is 12.0 Å². The molecule has 0 fully saturated rings. The second kappa shape index (κ2) is 5.31. The van der Waals surface area contributed by atoms with Crippen molar-refractivity contribution in [3.05, 3.63) is 33.8 Å². The SMILES string of the molecule is CCC(C)N1C(N)=NCC1c1ccc(Br)c(C)c1. The van der Waals surface area contributed by atoms with E-state index < -0.39 is 0 Å². The van der Waals surface area contributed by atoms with Crippen LogP contribution < -0.4 is 5.73 Å². The number of benzene rings is 1. The van der Waals surface area contributed by atoms with Crippen molar-refractivity contribution in [2.75, 3.05) is 6.54 Å². The Morgan fingerprint density at radius 3 is 2.89 bits per heavy atom. The lowest BCUT2D eigenvalue weighted by atomic mass is 10.0. The van der Waals surface area contributed by atoms with E-state index in [4.69, 9.17) is 5.73 Å². The maximum atomic E-state index is 6.02. The van der Waals surface area contributed by atoms with Gasteiger partial charge in [0.25, 0.3) is 0 Å². The summed E-state index contributed by atoms with van der Waals surface area (Å²) in [4.78, 5) is 6.64. The van der Waals surface area contributed by atoms with E-state index in [9.17, 15) is 0 Å². The first-order valence-corrected chi connectivity index (χ1v) is 7.18. The van der Waals surface area contributed by atoms with E-state index in [1.54, 1.807) is 0 Å². The summed E-state index contributed by atoms with van der Waals surface area (Å²) in [7, 11) is 0. The average Bonchev–Trinajstić information content (AvgIpc) is 2.74. The summed E-state index contributed by atoms with van der Waals surface area (Å²) in [6, 6.07) is 7.19. The molecule has 0 spiro atoms. The third-order valence-electron chi connectivity index (χ3n) is 3.66.